The minimum Gasteiger partial charge on any atom is -0.299 e. The zero-order valence-corrected chi connectivity index (χ0v) is 11.5. The first-order valence-corrected chi connectivity index (χ1v) is 6.51. The number of hydrogen-bond donors (Lipinski definition) is 0. The van der Waals surface area contributed by atoms with Crippen LogP contribution >= 0.6 is 23.2 Å². The molecule has 0 amide bonds. The molecule has 0 radical (unpaired) electrons. The van der Waals surface area contributed by atoms with Gasteiger partial charge in [0, 0.05) is 12.8 Å². The highest BCUT2D eigenvalue weighted by Crippen LogP contribution is 2.23. The van der Waals surface area contributed by atoms with Crippen molar-refractivity contribution in [3.63, 3.8) is 0 Å². The van der Waals surface area contributed by atoms with E-state index in [0.717, 1.165) is 5.56 Å². The molecule has 0 N–H and O–H groups in total. The van der Waals surface area contributed by atoms with E-state index < -0.39 is 0 Å². The van der Waals surface area contributed by atoms with Crippen molar-refractivity contribution >= 4 is 29.0 Å². The summed E-state index contributed by atoms with van der Waals surface area (Å²) >= 11 is 11.7. The molecule has 0 aliphatic rings. The fraction of sp³-hybridized carbons (Fsp3) is 0.133. The number of rotatable bonds is 4. The van der Waals surface area contributed by atoms with Crippen molar-refractivity contribution in [2.24, 2.45) is 0 Å². The zero-order valence-electron chi connectivity index (χ0n) is 10.00. The van der Waals surface area contributed by atoms with Crippen LogP contribution in [0.1, 0.15) is 11.1 Å². The van der Waals surface area contributed by atoms with Crippen LogP contribution in [-0.4, -0.2) is 5.78 Å². The van der Waals surface area contributed by atoms with Gasteiger partial charge in [-0.05, 0) is 29.3 Å². The molecule has 2 aromatic carbocycles. The molecule has 0 aliphatic heterocycles. The van der Waals surface area contributed by atoms with Crippen molar-refractivity contribution in [3.8, 4) is 0 Å². The lowest BCUT2D eigenvalue weighted by atomic mass is 10.0. The third kappa shape index (κ3) is 3.79. The van der Waals surface area contributed by atoms with E-state index in [0.29, 0.717) is 15.6 Å². The van der Waals surface area contributed by atoms with Gasteiger partial charge < -0.3 is 0 Å². The van der Waals surface area contributed by atoms with E-state index in [1.54, 1.807) is 36.4 Å². The maximum Gasteiger partial charge on any atom is 0.141 e. The molecule has 0 spiro atoms. The molecule has 0 heterocycles. The van der Waals surface area contributed by atoms with Gasteiger partial charge in [-0.25, -0.2) is 4.39 Å². The Bertz CT molecular complexity index is 611. The Morgan fingerprint density at radius 1 is 1.00 bits per heavy atom. The predicted molar refractivity (Wildman–Crippen MR) is 75.3 cm³/mol. The van der Waals surface area contributed by atoms with Crippen molar-refractivity contribution in [1.82, 2.24) is 0 Å². The van der Waals surface area contributed by atoms with E-state index >= 15 is 0 Å². The molecule has 19 heavy (non-hydrogen) atoms. The minimum absolute atomic E-state index is 0.0662. The maximum atomic E-state index is 13.4. The minimum atomic E-state index is -0.356. The summed E-state index contributed by atoms with van der Waals surface area (Å²) in [5, 5.41) is 0.866. The quantitative estimate of drug-likeness (QED) is 0.812. The predicted octanol–water partition coefficient (Wildman–Crippen LogP) is 4.49. The molecule has 0 saturated carbocycles. The van der Waals surface area contributed by atoms with Crippen molar-refractivity contribution in [3.05, 3.63) is 69.5 Å². The second-order valence-electron chi connectivity index (χ2n) is 4.23. The monoisotopic (exact) mass is 296 g/mol. The highest BCUT2D eigenvalue weighted by molar-refractivity contribution is 6.42. The third-order valence-corrected chi connectivity index (χ3v) is 3.47. The number of carbonyl (C=O) groups excluding carboxylic acids is 1. The topological polar surface area (TPSA) is 17.1 Å². The van der Waals surface area contributed by atoms with Crippen LogP contribution in [0.25, 0.3) is 0 Å². The Morgan fingerprint density at radius 2 is 1.74 bits per heavy atom. The van der Waals surface area contributed by atoms with Crippen molar-refractivity contribution in [1.29, 1.82) is 0 Å². The second kappa shape index (κ2) is 6.18. The Balaban J connectivity index is 2.05. The van der Waals surface area contributed by atoms with Gasteiger partial charge in [-0.3, -0.25) is 4.79 Å². The van der Waals surface area contributed by atoms with Crippen LogP contribution in [0.5, 0.6) is 0 Å². The first-order chi connectivity index (χ1) is 9.06. The number of halogens is 3. The van der Waals surface area contributed by atoms with E-state index in [-0.39, 0.29) is 24.4 Å². The number of ketones is 1. The van der Waals surface area contributed by atoms with Crippen LogP contribution in [0.15, 0.2) is 42.5 Å². The SMILES string of the molecule is O=C(Cc1ccc(Cl)c(Cl)c1)Cc1ccccc1F. The van der Waals surface area contributed by atoms with Gasteiger partial charge in [-0.2, -0.15) is 0 Å². The van der Waals surface area contributed by atoms with Crippen LogP contribution in [-0.2, 0) is 17.6 Å². The normalized spacial score (nSPS) is 10.5. The van der Waals surface area contributed by atoms with Gasteiger partial charge in [-0.15, -0.1) is 0 Å². The summed E-state index contributed by atoms with van der Waals surface area (Å²) in [5.74, 6) is -0.423. The summed E-state index contributed by atoms with van der Waals surface area (Å²) in [6.45, 7) is 0. The summed E-state index contributed by atoms with van der Waals surface area (Å²) < 4.78 is 13.4. The molecule has 0 fully saturated rings. The van der Waals surface area contributed by atoms with Crippen molar-refractivity contribution in [2.45, 2.75) is 12.8 Å². The number of hydrogen-bond acceptors (Lipinski definition) is 1. The Morgan fingerprint density at radius 3 is 2.42 bits per heavy atom. The molecule has 2 rings (SSSR count). The molecule has 0 aliphatic carbocycles. The average Bonchev–Trinajstić information content (AvgIpc) is 2.37. The first kappa shape index (κ1) is 14.0. The van der Waals surface area contributed by atoms with Crippen LogP contribution < -0.4 is 0 Å². The Kier molecular flexibility index (Phi) is 4.56. The van der Waals surface area contributed by atoms with Gasteiger partial charge in [0.25, 0.3) is 0 Å². The summed E-state index contributed by atoms with van der Waals surface area (Å²) in [6, 6.07) is 11.3. The smallest absolute Gasteiger partial charge is 0.141 e. The summed E-state index contributed by atoms with van der Waals surface area (Å²) in [4.78, 5) is 11.9. The molecule has 0 unspecified atom stereocenters. The molecule has 0 saturated heterocycles. The van der Waals surface area contributed by atoms with E-state index in [2.05, 4.69) is 0 Å². The largest absolute Gasteiger partial charge is 0.299 e. The standard InChI is InChI=1S/C15H11Cl2FO/c16-13-6-5-10(8-14(13)17)7-12(19)9-11-3-1-2-4-15(11)18/h1-6,8H,7,9H2. The van der Waals surface area contributed by atoms with Crippen LogP contribution in [0.4, 0.5) is 4.39 Å². The number of Topliss-reactive ketones (excluding diaryl/α,β-unsaturated/α-hetero) is 1. The summed E-state index contributed by atoms with van der Waals surface area (Å²) in [6.07, 6.45) is 0.290. The fourth-order valence-corrected chi connectivity index (χ4v) is 2.11. The van der Waals surface area contributed by atoms with Gasteiger partial charge in [0.05, 0.1) is 10.0 Å². The molecule has 2 aromatic rings. The second-order valence-corrected chi connectivity index (χ2v) is 5.05. The summed E-state index contributed by atoms with van der Waals surface area (Å²) in [7, 11) is 0. The highest BCUT2D eigenvalue weighted by atomic mass is 35.5. The zero-order chi connectivity index (χ0) is 13.8. The van der Waals surface area contributed by atoms with E-state index in [1.165, 1.54) is 6.07 Å². The molecular formula is C15H11Cl2FO. The molecular weight excluding hydrogens is 286 g/mol. The molecule has 98 valence electrons. The molecule has 4 heteroatoms. The Labute approximate surface area is 121 Å². The fourth-order valence-electron chi connectivity index (χ4n) is 1.79. The first-order valence-electron chi connectivity index (χ1n) is 5.75. The van der Waals surface area contributed by atoms with E-state index in [4.69, 9.17) is 23.2 Å². The van der Waals surface area contributed by atoms with E-state index in [1.807, 2.05) is 0 Å². The van der Waals surface area contributed by atoms with Crippen molar-refractivity contribution in [2.75, 3.05) is 0 Å². The van der Waals surface area contributed by atoms with Crippen molar-refractivity contribution < 1.29 is 9.18 Å². The Hall–Kier alpha value is -1.38. The van der Waals surface area contributed by atoms with Gasteiger partial charge in [0.1, 0.15) is 11.6 Å². The molecule has 0 bridgehead atoms. The third-order valence-electron chi connectivity index (χ3n) is 2.73. The van der Waals surface area contributed by atoms with Crippen LogP contribution in [0, 0.1) is 5.82 Å². The number of benzene rings is 2. The van der Waals surface area contributed by atoms with Crippen LogP contribution in [0.3, 0.4) is 0 Å². The van der Waals surface area contributed by atoms with Gasteiger partial charge >= 0.3 is 0 Å². The summed E-state index contributed by atoms with van der Waals surface area (Å²) in [5.41, 5.74) is 1.18. The molecule has 0 atom stereocenters. The lowest BCUT2D eigenvalue weighted by Crippen LogP contribution is -2.07. The average molecular weight is 297 g/mol. The highest BCUT2D eigenvalue weighted by Gasteiger charge is 2.09. The van der Waals surface area contributed by atoms with Gasteiger partial charge in [-0.1, -0.05) is 47.5 Å². The maximum absolute atomic E-state index is 13.4. The lowest BCUT2D eigenvalue weighted by molar-refractivity contribution is -0.117. The van der Waals surface area contributed by atoms with Gasteiger partial charge in [0.15, 0.2) is 0 Å². The van der Waals surface area contributed by atoms with Gasteiger partial charge in [0.2, 0.25) is 0 Å². The van der Waals surface area contributed by atoms with Crippen LogP contribution in [0.2, 0.25) is 10.0 Å². The lowest BCUT2D eigenvalue weighted by Gasteiger charge is -2.04. The number of carbonyl (C=O) groups is 1. The van der Waals surface area contributed by atoms with E-state index in [9.17, 15) is 9.18 Å². The molecule has 1 nitrogen and oxygen atoms in total. The molecule has 0 aromatic heterocycles.